The summed E-state index contributed by atoms with van der Waals surface area (Å²) in [6, 6.07) is 0.352. The third-order valence-corrected chi connectivity index (χ3v) is 5.77. The van der Waals surface area contributed by atoms with E-state index < -0.39 is 0 Å². The third kappa shape index (κ3) is 3.64. The van der Waals surface area contributed by atoms with Gasteiger partial charge in [-0.2, -0.15) is 21.7 Å². The zero-order valence-electron chi connectivity index (χ0n) is 15.9. The zero-order valence-corrected chi connectivity index (χ0v) is 16.7. The molecule has 2 aliphatic rings. The molecule has 9 heteroatoms. The second-order valence-corrected chi connectivity index (χ2v) is 8.44. The number of morpholine rings is 1. The number of hydrogen-bond donors (Lipinski definition) is 1. The van der Waals surface area contributed by atoms with E-state index in [0.29, 0.717) is 31.6 Å². The predicted molar refractivity (Wildman–Crippen MR) is 106 cm³/mol. The van der Waals surface area contributed by atoms with Gasteiger partial charge in [-0.05, 0) is 34.0 Å². The Balaban J connectivity index is 2.12. The van der Waals surface area contributed by atoms with Gasteiger partial charge in [0.25, 0.3) is 5.95 Å². The number of anilines is 1. The molecule has 0 saturated carbocycles. The second-order valence-electron chi connectivity index (χ2n) is 7.01. The predicted octanol–water partition coefficient (Wildman–Crippen LogP) is 2.10. The molecule has 1 saturated heterocycles. The monoisotopic (exact) mass is 378 g/mol. The zero-order chi connectivity index (χ0) is 18.9. The lowest BCUT2D eigenvalue weighted by Gasteiger charge is -2.45. The summed E-state index contributed by atoms with van der Waals surface area (Å²) in [5, 5.41) is 0. The van der Waals surface area contributed by atoms with E-state index in [0.717, 1.165) is 17.3 Å². The number of rotatable bonds is 4. The molecule has 1 aromatic rings. The van der Waals surface area contributed by atoms with Gasteiger partial charge in [-0.3, -0.25) is 0 Å². The van der Waals surface area contributed by atoms with E-state index >= 15 is 0 Å². The van der Waals surface area contributed by atoms with Crippen LogP contribution in [-0.2, 0) is 9.48 Å². The maximum absolute atomic E-state index is 6.10. The number of nitrogens with zero attached hydrogens (tertiary/aromatic N) is 5. The molecule has 3 heterocycles. The van der Waals surface area contributed by atoms with Crippen LogP contribution in [0.1, 0.15) is 33.4 Å². The van der Waals surface area contributed by atoms with Crippen LogP contribution < -0.4 is 15.4 Å². The number of aromatic nitrogens is 2. The standard InChI is InChI=1S/C17H26N6O2S/c1-10-6-24-7-12-8-25-13-14(17(3,4)26-5)21-16(20-9-19-11(2)18)22-15(13)23(10)12/h9-10,12H,6-8H2,1-5H3,(H2,18,19,20,21,22)/t10-,12+/m1/s1. The van der Waals surface area contributed by atoms with Gasteiger partial charge < -0.3 is 20.1 Å². The van der Waals surface area contributed by atoms with Gasteiger partial charge in [0.1, 0.15) is 18.6 Å². The Morgan fingerprint density at radius 1 is 1.35 bits per heavy atom. The number of ether oxygens (including phenoxy) is 2. The highest BCUT2D eigenvalue weighted by molar-refractivity contribution is 7.99. The van der Waals surface area contributed by atoms with E-state index in [-0.39, 0.29) is 16.8 Å². The van der Waals surface area contributed by atoms with Gasteiger partial charge in [-0.1, -0.05) is 0 Å². The average Bonchev–Trinajstić information content (AvgIpc) is 2.60. The summed E-state index contributed by atoms with van der Waals surface area (Å²) in [5.41, 5.74) is 6.41. The Bertz CT molecular complexity index is 732. The average molecular weight is 379 g/mol. The van der Waals surface area contributed by atoms with Gasteiger partial charge in [-0.15, -0.1) is 0 Å². The fraction of sp³-hybridized carbons (Fsp3) is 0.647. The van der Waals surface area contributed by atoms with Crippen molar-refractivity contribution in [3.05, 3.63) is 5.69 Å². The molecule has 0 unspecified atom stereocenters. The first-order valence-electron chi connectivity index (χ1n) is 8.62. The summed E-state index contributed by atoms with van der Waals surface area (Å²) < 4.78 is 11.5. The number of aliphatic imine (C=N–C) groups is 2. The van der Waals surface area contributed by atoms with Gasteiger partial charge in [-0.25, -0.2) is 9.98 Å². The molecule has 0 aromatic carbocycles. The van der Waals surface area contributed by atoms with E-state index in [9.17, 15) is 0 Å². The van der Waals surface area contributed by atoms with Crippen LogP contribution in [0.15, 0.2) is 9.98 Å². The molecule has 142 valence electrons. The van der Waals surface area contributed by atoms with E-state index in [1.807, 2.05) is 0 Å². The number of amidine groups is 1. The van der Waals surface area contributed by atoms with Crippen molar-refractivity contribution in [2.24, 2.45) is 15.7 Å². The smallest absolute Gasteiger partial charge is 0.253 e. The minimum Gasteiger partial charge on any atom is -0.486 e. The Kier molecular flexibility index (Phi) is 5.38. The molecule has 2 N–H and O–H groups in total. The van der Waals surface area contributed by atoms with Gasteiger partial charge in [0, 0.05) is 0 Å². The molecule has 2 atom stereocenters. The molecule has 0 amide bonds. The lowest BCUT2D eigenvalue weighted by Crippen LogP contribution is -2.56. The normalized spacial score (nSPS) is 23.6. The molecule has 0 aliphatic carbocycles. The number of fused-ring (bicyclic) bond motifs is 3. The first-order valence-corrected chi connectivity index (χ1v) is 9.85. The second kappa shape index (κ2) is 7.40. The lowest BCUT2D eigenvalue weighted by atomic mass is 10.0. The lowest BCUT2D eigenvalue weighted by molar-refractivity contribution is 0.0482. The highest BCUT2D eigenvalue weighted by atomic mass is 32.2. The van der Waals surface area contributed by atoms with Crippen molar-refractivity contribution in [1.82, 2.24) is 9.97 Å². The molecule has 1 aromatic heterocycles. The summed E-state index contributed by atoms with van der Waals surface area (Å²) in [6.45, 7) is 9.93. The maximum atomic E-state index is 6.10. The van der Waals surface area contributed by atoms with Crippen molar-refractivity contribution in [1.29, 1.82) is 0 Å². The quantitative estimate of drug-likeness (QED) is 0.633. The molecule has 8 nitrogen and oxygen atoms in total. The Labute approximate surface area is 158 Å². The van der Waals surface area contributed by atoms with E-state index in [2.05, 4.69) is 51.9 Å². The first-order chi connectivity index (χ1) is 12.3. The van der Waals surface area contributed by atoms with Crippen LogP contribution in [0.2, 0.25) is 0 Å². The van der Waals surface area contributed by atoms with Crippen molar-refractivity contribution < 1.29 is 9.47 Å². The third-order valence-electron chi connectivity index (χ3n) is 4.55. The summed E-state index contributed by atoms with van der Waals surface area (Å²) in [7, 11) is 0. The molecule has 0 radical (unpaired) electrons. The van der Waals surface area contributed by atoms with Crippen LogP contribution in [0.25, 0.3) is 0 Å². The van der Waals surface area contributed by atoms with Crippen molar-refractivity contribution >= 4 is 35.7 Å². The number of thioether (sulfide) groups is 1. The largest absolute Gasteiger partial charge is 0.486 e. The molecule has 3 rings (SSSR count). The van der Waals surface area contributed by atoms with Crippen molar-refractivity contribution in [3.63, 3.8) is 0 Å². The summed E-state index contributed by atoms with van der Waals surface area (Å²) in [5.74, 6) is 2.31. The Morgan fingerprint density at radius 3 is 2.81 bits per heavy atom. The fourth-order valence-corrected chi connectivity index (χ4v) is 3.39. The van der Waals surface area contributed by atoms with E-state index in [1.165, 1.54) is 6.34 Å². The first kappa shape index (κ1) is 18.9. The highest BCUT2D eigenvalue weighted by Crippen LogP contribution is 2.45. The van der Waals surface area contributed by atoms with Gasteiger partial charge in [0.15, 0.2) is 11.6 Å². The van der Waals surface area contributed by atoms with Crippen LogP contribution in [-0.4, -0.2) is 60.3 Å². The topological polar surface area (TPSA) is 98.2 Å². The molecule has 2 aliphatic heterocycles. The summed E-state index contributed by atoms with van der Waals surface area (Å²) in [6.07, 6.45) is 3.44. The van der Waals surface area contributed by atoms with E-state index in [1.54, 1.807) is 18.7 Å². The minimum atomic E-state index is -0.243. The molecular weight excluding hydrogens is 352 g/mol. The Morgan fingerprint density at radius 2 is 2.12 bits per heavy atom. The van der Waals surface area contributed by atoms with Crippen LogP contribution >= 0.6 is 11.8 Å². The Hall–Kier alpha value is -1.87. The van der Waals surface area contributed by atoms with E-state index in [4.69, 9.17) is 15.2 Å². The number of nitrogens with two attached hydrogens (primary N) is 1. The molecule has 0 spiro atoms. The molecular formula is C17H26N6O2S. The number of hydrogen-bond acceptors (Lipinski definition) is 7. The molecule has 26 heavy (non-hydrogen) atoms. The van der Waals surface area contributed by atoms with Gasteiger partial charge in [0.2, 0.25) is 0 Å². The van der Waals surface area contributed by atoms with Gasteiger partial charge >= 0.3 is 0 Å². The fourth-order valence-electron chi connectivity index (χ4n) is 3.05. The van der Waals surface area contributed by atoms with Crippen LogP contribution in [0.4, 0.5) is 11.8 Å². The van der Waals surface area contributed by atoms with Gasteiger partial charge in [0.05, 0.1) is 35.9 Å². The van der Waals surface area contributed by atoms with Crippen molar-refractivity contribution in [2.75, 3.05) is 31.0 Å². The summed E-state index contributed by atoms with van der Waals surface area (Å²) in [4.78, 5) is 19.9. The van der Waals surface area contributed by atoms with Crippen LogP contribution in [0.5, 0.6) is 5.75 Å². The SMILES string of the molecule is CSC(C)(C)c1nc(/N=C/N=C(C)N)nc2c1OC[C@@H]1COC[C@@H](C)N21. The molecule has 1 fully saturated rings. The van der Waals surface area contributed by atoms with Crippen molar-refractivity contribution in [2.45, 2.75) is 44.5 Å². The van der Waals surface area contributed by atoms with Crippen LogP contribution in [0, 0.1) is 0 Å². The highest BCUT2D eigenvalue weighted by Gasteiger charge is 2.40. The van der Waals surface area contributed by atoms with Crippen LogP contribution in [0.3, 0.4) is 0 Å². The minimum absolute atomic E-state index is 0.146. The van der Waals surface area contributed by atoms with Crippen molar-refractivity contribution in [3.8, 4) is 5.75 Å². The molecule has 0 bridgehead atoms. The maximum Gasteiger partial charge on any atom is 0.253 e. The summed E-state index contributed by atoms with van der Waals surface area (Å²) >= 11 is 1.71.